The van der Waals surface area contributed by atoms with Crippen molar-refractivity contribution < 1.29 is 27.8 Å². The summed E-state index contributed by atoms with van der Waals surface area (Å²) in [6, 6.07) is 12.0. The van der Waals surface area contributed by atoms with Crippen molar-refractivity contribution in [2.24, 2.45) is 11.3 Å². The topological polar surface area (TPSA) is 79.6 Å². The van der Waals surface area contributed by atoms with Crippen molar-refractivity contribution in [1.82, 2.24) is 19.8 Å². The van der Waals surface area contributed by atoms with Gasteiger partial charge in [-0.25, -0.2) is 18.2 Å². The Morgan fingerprint density at radius 2 is 1.95 bits per heavy atom. The predicted molar refractivity (Wildman–Crippen MR) is 151 cm³/mol. The van der Waals surface area contributed by atoms with Crippen LogP contribution in [0.2, 0.25) is 0 Å². The number of carbonyl (C=O) groups is 1. The van der Waals surface area contributed by atoms with Gasteiger partial charge in [-0.2, -0.15) is 0 Å². The highest BCUT2D eigenvalue weighted by Crippen LogP contribution is 2.43. The molecule has 1 aliphatic heterocycles. The fraction of sp³-hybridized carbons (Fsp3) is 0.484. The quantitative estimate of drug-likeness (QED) is 0.328. The standard InChI is InChI=1S/C31H39F3N4O3/c1-20(39)30(40)38(18-22-15-35-16-26(22)34)28(31(2,3)12-13-41-4)29-36-27(24-14-23(32)10-11-25(24)33)19-37(29)17-21-8-6-5-7-9-21/h5-11,14,19-20,22,26,28,35,39H,12-13,15-18H2,1-4H3. The van der Waals surface area contributed by atoms with Gasteiger partial charge in [-0.3, -0.25) is 4.79 Å². The van der Waals surface area contributed by atoms with Gasteiger partial charge < -0.3 is 24.6 Å². The number of alkyl halides is 1. The lowest BCUT2D eigenvalue weighted by Gasteiger charge is -2.43. The lowest BCUT2D eigenvalue weighted by molar-refractivity contribution is -0.146. The molecule has 10 heteroatoms. The number of ether oxygens (including phenoxy) is 1. The first-order chi connectivity index (χ1) is 19.5. The second-order valence-corrected chi connectivity index (χ2v) is 11.5. The van der Waals surface area contributed by atoms with Crippen LogP contribution in [-0.4, -0.2) is 71.1 Å². The smallest absolute Gasteiger partial charge is 0.251 e. The fourth-order valence-corrected chi connectivity index (χ4v) is 5.49. The average molecular weight is 573 g/mol. The highest BCUT2D eigenvalue weighted by Gasteiger charge is 2.44. The molecule has 1 aromatic heterocycles. The van der Waals surface area contributed by atoms with E-state index in [0.717, 1.165) is 23.8 Å². The molecule has 222 valence electrons. The maximum atomic E-state index is 15.0. The number of nitrogens with zero attached hydrogens (tertiary/aromatic N) is 3. The third kappa shape index (κ3) is 7.17. The van der Waals surface area contributed by atoms with E-state index in [1.165, 1.54) is 11.8 Å². The number of halogens is 3. The Bertz CT molecular complexity index is 1320. The normalized spacial score (nSPS) is 18.8. The molecular weight excluding hydrogens is 533 g/mol. The van der Waals surface area contributed by atoms with Gasteiger partial charge in [0.15, 0.2) is 0 Å². The molecule has 0 aliphatic carbocycles. The molecule has 4 unspecified atom stereocenters. The molecule has 7 nitrogen and oxygen atoms in total. The Morgan fingerprint density at radius 3 is 2.59 bits per heavy atom. The highest BCUT2D eigenvalue weighted by molar-refractivity contribution is 5.80. The third-order valence-corrected chi connectivity index (χ3v) is 7.78. The van der Waals surface area contributed by atoms with Crippen LogP contribution < -0.4 is 5.32 Å². The van der Waals surface area contributed by atoms with Crippen molar-refractivity contribution in [2.45, 2.75) is 52.1 Å². The molecule has 1 saturated heterocycles. The molecule has 2 N–H and O–H groups in total. The molecule has 1 amide bonds. The fourth-order valence-electron chi connectivity index (χ4n) is 5.49. The number of hydrogen-bond donors (Lipinski definition) is 2. The van der Waals surface area contributed by atoms with Crippen LogP contribution in [0, 0.1) is 23.0 Å². The molecule has 41 heavy (non-hydrogen) atoms. The number of amides is 1. The van der Waals surface area contributed by atoms with Crippen LogP contribution in [0.25, 0.3) is 11.3 Å². The lowest BCUT2D eigenvalue weighted by Crippen LogP contribution is -2.50. The van der Waals surface area contributed by atoms with Crippen molar-refractivity contribution in [3.8, 4) is 11.3 Å². The van der Waals surface area contributed by atoms with E-state index in [1.807, 2.05) is 48.7 Å². The number of nitrogens with one attached hydrogen (secondary N) is 1. The molecule has 0 radical (unpaired) electrons. The predicted octanol–water partition coefficient (Wildman–Crippen LogP) is 4.75. The minimum atomic E-state index is -1.35. The monoisotopic (exact) mass is 572 g/mol. The minimum absolute atomic E-state index is 0.0104. The van der Waals surface area contributed by atoms with Crippen molar-refractivity contribution >= 4 is 5.91 Å². The van der Waals surface area contributed by atoms with Gasteiger partial charge in [0.05, 0.1) is 11.7 Å². The first-order valence-corrected chi connectivity index (χ1v) is 13.9. The van der Waals surface area contributed by atoms with Crippen LogP contribution >= 0.6 is 0 Å². The van der Waals surface area contributed by atoms with Crippen molar-refractivity contribution in [1.29, 1.82) is 0 Å². The summed E-state index contributed by atoms with van der Waals surface area (Å²) in [7, 11) is 1.59. The van der Waals surface area contributed by atoms with Crippen molar-refractivity contribution in [2.75, 3.05) is 33.4 Å². The zero-order valence-electron chi connectivity index (χ0n) is 24.0. The van der Waals surface area contributed by atoms with Crippen molar-refractivity contribution in [3.05, 3.63) is 77.8 Å². The SMILES string of the molecule is COCCC(C)(C)C(c1nc(-c2cc(F)ccc2F)cn1Cc1ccccc1)N(CC1CNCC1F)C(=O)C(C)O. The maximum absolute atomic E-state index is 15.0. The summed E-state index contributed by atoms with van der Waals surface area (Å²) in [5.41, 5.74) is 0.443. The summed E-state index contributed by atoms with van der Waals surface area (Å²) < 4.78 is 51.3. The number of aromatic nitrogens is 2. The van der Waals surface area contributed by atoms with E-state index in [-0.39, 0.29) is 24.3 Å². The van der Waals surface area contributed by atoms with Gasteiger partial charge in [-0.15, -0.1) is 0 Å². The lowest BCUT2D eigenvalue weighted by atomic mass is 9.79. The van der Waals surface area contributed by atoms with Gasteiger partial charge in [-0.1, -0.05) is 44.2 Å². The third-order valence-electron chi connectivity index (χ3n) is 7.78. The van der Waals surface area contributed by atoms with Gasteiger partial charge >= 0.3 is 0 Å². The van der Waals surface area contributed by atoms with Gasteiger partial charge in [0.25, 0.3) is 5.91 Å². The second kappa shape index (κ2) is 13.2. The molecule has 2 heterocycles. The molecular formula is C31H39F3N4O3. The Kier molecular flexibility index (Phi) is 9.88. The summed E-state index contributed by atoms with van der Waals surface area (Å²) in [6.45, 7) is 6.63. The number of carbonyl (C=O) groups excluding carboxylic acids is 1. The number of aliphatic hydroxyl groups excluding tert-OH is 1. The number of benzene rings is 2. The zero-order valence-corrected chi connectivity index (χ0v) is 24.0. The van der Waals surface area contributed by atoms with E-state index in [0.29, 0.717) is 31.9 Å². The molecule has 0 saturated carbocycles. The molecule has 1 fully saturated rings. The summed E-state index contributed by atoms with van der Waals surface area (Å²) in [4.78, 5) is 20.0. The van der Waals surface area contributed by atoms with Crippen LogP contribution in [0.5, 0.6) is 0 Å². The Hall–Kier alpha value is -3.21. The first kappa shape index (κ1) is 30.7. The van der Waals surface area contributed by atoms with Crippen molar-refractivity contribution in [3.63, 3.8) is 0 Å². The van der Waals surface area contributed by atoms with Crippen LogP contribution in [0.1, 0.15) is 44.6 Å². The molecule has 2 aromatic carbocycles. The number of hydrogen-bond acceptors (Lipinski definition) is 5. The van der Waals surface area contributed by atoms with Gasteiger partial charge in [0.2, 0.25) is 0 Å². The Labute approximate surface area is 239 Å². The van der Waals surface area contributed by atoms with Gasteiger partial charge in [-0.05, 0) is 42.5 Å². The molecule has 3 aromatic rings. The number of aliphatic hydroxyl groups is 1. The number of rotatable bonds is 12. The minimum Gasteiger partial charge on any atom is -0.385 e. The summed E-state index contributed by atoms with van der Waals surface area (Å²) >= 11 is 0. The van der Waals surface area contributed by atoms with E-state index in [4.69, 9.17) is 9.72 Å². The van der Waals surface area contributed by atoms with E-state index in [9.17, 15) is 23.1 Å². The molecule has 4 rings (SSSR count). The summed E-state index contributed by atoms with van der Waals surface area (Å²) in [5.74, 6) is -1.87. The van der Waals surface area contributed by atoms with Crippen LogP contribution in [0.3, 0.4) is 0 Å². The average Bonchev–Trinajstić information content (AvgIpc) is 3.54. The Morgan fingerprint density at radius 1 is 1.22 bits per heavy atom. The number of imidazole rings is 1. The molecule has 1 aliphatic rings. The second-order valence-electron chi connectivity index (χ2n) is 11.5. The van der Waals surface area contributed by atoms with E-state index in [1.54, 1.807) is 13.3 Å². The number of methoxy groups -OCH3 is 1. The first-order valence-electron chi connectivity index (χ1n) is 13.9. The van der Waals surface area contributed by atoms with E-state index in [2.05, 4.69) is 5.32 Å². The maximum Gasteiger partial charge on any atom is 0.251 e. The molecule has 0 spiro atoms. The molecule has 0 bridgehead atoms. The molecule has 4 atom stereocenters. The van der Waals surface area contributed by atoms with Gasteiger partial charge in [0, 0.05) is 57.6 Å². The van der Waals surface area contributed by atoms with Crippen LogP contribution in [0.4, 0.5) is 13.2 Å². The zero-order chi connectivity index (χ0) is 29.7. The summed E-state index contributed by atoms with van der Waals surface area (Å²) in [5, 5.41) is 13.5. The van der Waals surface area contributed by atoms with Gasteiger partial charge in [0.1, 0.15) is 29.7 Å². The highest BCUT2D eigenvalue weighted by atomic mass is 19.1. The summed E-state index contributed by atoms with van der Waals surface area (Å²) in [6.07, 6.45) is -0.356. The van der Waals surface area contributed by atoms with E-state index >= 15 is 0 Å². The van der Waals surface area contributed by atoms with E-state index < -0.39 is 47.2 Å². The van der Waals surface area contributed by atoms with Crippen LogP contribution in [0.15, 0.2) is 54.7 Å². The van der Waals surface area contributed by atoms with Crippen LogP contribution in [-0.2, 0) is 16.1 Å². The largest absolute Gasteiger partial charge is 0.385 e. The Balaban J connectivity index is 1.92.